The number of carbonyl (C=O) groups excluding carboxylic acids is 2. The lowest BCUT2D eigenvalue weighted by atomic mass is 9.91. The standard InChI is InChI=1S/C35H34N2O4S/c1-5-19-41-29-18-17-24-12-6-8-14-25(24)27(29)20-30-34(40)37(33(42-30)21-31(38)35(2,3)4)22-32(39)36-28-16-10-13-23-11-7-9-15-26(23)28/h6-18,20-21H,5,19,22H2,1-4H3,(H,36,39)/b30-20-,33-21-. The third kappa shape index (κ3) is 6.21. The van der Waals surface area contributed by atoms with E-state index in [0.717, 1.165) is 33.5 Å². The molecule has 5 aromatic rings. The zero-order valence-electron chi connectivity index (χ0n) is 24.3. The number of rotatable bonds is 8. The van der Waals surface area contributed by atoms with Crippen LogP contribution in [-0.4, -0.2) is 22.9 Å². The molecule has 214 valence electrons. The smallest absolute Gasteiger partial charge is 0.269 e. The average molecular weight is 579 g/mol. The van der Waals surface area contributed by atoms with Gasteiger partial charge in [0.25, 0.3) is 5.56 Å². The maximum absolute atomic E-state index is 13.9. The molecule has 0 fully saturated rings. The predicted molar refractivity (Wildman–Crippen MR) is 173 cm³/mol. The van der Waals surface area contributed by atoms with Gasteiger partial charge < -0.3 is 10.1 Å². The van der Waals surface area contributed by atoms with Crippen molar-refractivity contribution >= 4 is 62.4 Å². The zero-order chi connectivity index (χ0) is 29.9. The van der Waals surface area contributed by atoms with E-state index in [0.29, 0.717) is 27.2 Å². The third-order valence-corrected chi connectivity index (χ3v) is 8.02. The number of hydrogen-bond acceptors (Lipinski definition) is 5. The van der Waals surface area contributed by atoms with Crippen LogP contribution in [0.3, 0.4) is 0 Å². The summed E-state index contributed by atoms with van der Waals surface area (Å²) in [5.74, 6) is 0.198. The van der Waals surface area contributed by atoms with E-state index >= 15 is 0 Å². The van der Waals surface area contributed by atoms with Crippen LogP contribution < -0.4 is 24.8 Å². The summed E-state index contributed by atoms with van der Waals surface area (Å²) in [5, 5.41) is 6.85. The van der Waals surface area contributed by atoms with Crippen molar-refractivity contribution in [3.05, 3.63) is 104 Å². The van der Waals surface area contributed by atoms with Gasteiger partial charge in [-0.05, 0) is 40.8 Å². The lowest BCUT2D eigenvalue weighted by molar-refractivity contribution is -0.120. The second-order valence-electron chi connectivity index (χ2n) is 11.2. The van der Waals surface area contributed by atoms with E-state index in [2.05, 4.69) is 5.32 Å². The van der Waals surface area contributed by atoms with Crippen molar-refractivity contribution in [2.24, 2.45) is 5.41 Å². The molecule has 42 heavy (non-hydrogen) atoms. The number of hydrogen-bond donors (Lipinski definition) is 1. The molecule has 6 nitrogen and oxygen atoms in total. The SMILES string of the molecule is CCCOc1ccc2ccccc2c1/C=c1\s/c(=C\C(=O)C(C)(C)C)n(CC(=O)Nc2cccc3ccccc23)c1=O. The molecule has 1 heterocycles. The van der Waals surface area contributed by atoms with E-state index in [9.17, 15) is 14.4 Å². The first-order chi connectivity index (χ1) is 20.2. The van der Waals surface area contributed by atoms with Gasteiger partial charge in [0.15, 0.2) is 5.78 Å². The van der Waals surface area contributed by atoms with Crippen LogP contribution in [0, 0.1) is 5.41 Å². The Morgan fingerprint density at radius 1 is 0.905 bits per heavy atom. The second kappa shape index (κ2) is 12.2. The molecule has 0 atom stereocenters. The Morgan fingerprint density at radius 3 is 2.29 bits per heavy atom. The van der Waals surface area contributed by atoms with Gasteiger partial charge in [-0.25, -0.2) is 0 Å². The highest BCUT2D eigenvalue weighted by Crippen LogP contribution is 2.29. The van der Waals surface area contributed by atoms with Gasteiger partial charge in [-0.1, -0.05) is 94.4 Å². The van der Waals surface area contributed by atoms with E-state index in [1.807, 2.05) is 113 Å². The topological polar surface area (TPSA) is 77.4 Å². The largest absolute Gasteiger partial charge is 0.493 e. The molecule has 0 bridgehead atoms. The molecular formula is C35H34N2O4S. The summed E-state index contributed by atoms with van der Waals surface area (Å²) in [7, 11) is 0. The summed E-state index contributed by atoms with van der Waals surface area (Å²) < 4.78 is 8.29. The molecular weight excluding hydrogens is 544 g/mol. The highest BCUT2D eigenvalue weighted by atomic mass is 32.1. The van der Waals surface area contributed by atoms with E-state index < -0.39 is 5.41 Å². The minimum absolute atomic E-state index is 0.129. The van der Waals surface area contributed by atoms with Crippen LogP contribution in [0.4, 0.5) is 5.69 Å². The Hall–Kier alpha value is -4.49. The summed E-state index contributed by atoms with van der Waals surface area (Å²) >= 11 is 1.20. The lowest BCUT2D eigenvalue weighted by Gasteiger charge is -2.13. The number of ketones is 1. The third-order valence-electron chi connectivity index (χ3n) is 6.96. The minimum Gasteiger partial charge on any atom is -0.493 e. The van der Waals surface area contributed by atoms with Crippen LogP contribution in [-0.2, 0) is 16.1 Å². The first kappa shape index (κ1) is 29.0. The number of fused-ring (bicyclic) bond motifs is 2. The van der Waals surface area contributed by atoms with Crippen molar-refractivity contribution in [1.29, 1.82) is 0 Å². The van der Waals surface area contributed by atoms with E-state index in [4.69, 9.17) is 4.74 Å². The molecule has 4 aromatic carbocycles. The van der Waals surface area contributed by atoms with Crippen molar-refractivity contribution in [2.45, 2.75) is 40.7 Å². The van der Waals surface area contributed by atoms with Crippen LogP contribution >= 0.6 is 11.3 Å². The minimum atomic E-state index is -0.642. The fourth-order valence-corrected chi connectivity index (χ4v) is 5.71. The number of nitrogens with one attached hydrogen (secondary N) is 1. The monoisotopic (exact) mass is 578 g/mol. The Bertz CT molecular complexity index is 1970. The number of amides is 1. The molecule has 7 heteroatoms. The van der Waals surface area contributed by atoms with Crippen LogP contribution in [0.2, 0.25) is 0 Å². The molecule has 5 rings (SSSR count). The van der Waals surface area contributed by atoms with Gasteiger partial charge in [-0.3, -0.25) is 19.0 Å². The summed E-state index contributed by atoms with van der Waals surface area (Å²) in [6.07, 6.45) is 4.14. The summed E-state index contributed by atoms with van der Waals surface area (Å²) in [5.41, 5.74) is 0.478. The maximum atomic E-state index is 13.9. The molecule has 0 unspecified atom stereocenters. The number of benzene rings is 4. The molecule has 0 spiro atoms. The summed E-state index contributed by atoms with van der Waals surface area (Å²) in [4.78, 5) is 40.2. The first-order valence-corrected chi connectivity index (χ1v) is 14.9. The molecule has 0 aliphatic rings. The maximum Gasteiger partial charge on any atom is 0.269 e. The van der Waals surface area contributed by atoms with E-state index in [-0.39, 0.29) is 23.8 Å². The Balaban J connectivity index is 1.63. The Morgan fingerprint density at radius 2 is 1.57 bits per heavy atom. The fraction of sp³-hybridized carbons (Fsp3) is 0.229. The summed E-state index contributed by atoms with van der Waals surface area (Å²) in [6.45, 7) is 7.84. The van der Waals surface area contributed by atoms with Gasteiger partial charge in [0.2, 0.25) is 5.91 Å². The van der Waals surface area contributed by atoms with Gasteiger partial charge in [-0.15, -0.1) is 11.3 Å². The van der Waals surface area contributed by atoms with Crippen molar-refractivity contribution in [1.82, 2.24) is 4.57 Å². The van der Waals surface area contributed by atoms with Crippen molar-refractivity contribution < 1.29 is 14.3 Å². The van der Waals surface area contributed by atoms with Gasteiger partial charge in [-0.2, -0.15) is 0 Å². The fourth-order valence-electron chi connectivity index (χ4n) is 4.68. The molecule has 0 aliphatic heterocycles. The number of anilines is 1. The van der Waals surface area contributed by atoms with Crippen molar-refractivity contribution in [2.75, 3.05) is 11.9 Å². The molecule has 0 saturated carbocycles. The van der Waals surface area contributed by atoms with Crippen LogP contribution in [0.15, 0.2) is 83.7 Å². The number of aromatic nitrogens is 1. The number of thiazole rings is 1. The molecule has 0 aliphatic carbocycles. The molecule has 1 amide bonds. The second-order valence-corrected chi connectivity index (χ2v) is 12.3. The van der Waals surface area contributed by atoms with Crippen molar-refractivity contribution in [3.8, 4) is 5.75 Å². The molecule has 1 N–H and O–H groups in total. The molecule has 0 saturated heterocycles. The van der Waals surface area contributed by atoms with Crippen LogP contribution in [0.1, 0.15) is 39.7 Å². The Labute approximate surface area is 248 Å². The number of nitrogens with zero attached hydrogens (tertiary/aromatic N) is 1. The normalized spacial score (nSPS) is 12.7. The highest BCUT2D eigenvalue weighted by molar-refractivity contribution is 7.07. The number of ether oxygens (including phenoxy) is 1. The predicted octanol–water partition coefficient (Wildman–Crippen LogP) is 5.87. The average Bonchev–Trinajstić information content (AvgIpc) is 3.25. The van der Waals surface area contributed by atoms with Gasteiger partial charge in [0.1, 0.15) is 17.0 Å². The summed E-state index contributed by atoms with van der Waals surface area (Å²) in [6, 6.07) is 25.3. The first-order valence-electron chi connectivity index (χ1n) is 14.1. The number of Topliss-reactive ketones (excluding diaryl/α,β-unsaturated/α-hetero) is 1. The van der Waals surface area contributed by atoms with Gasteiger partial charge in [0.05, 0.1) is 11.1 Å². The number of carbonyl (C=O) groups is 2. The Kier molecular flexibility index (Phi) is 8.41. The van der Waals surface area contributed by atoms with Gasteiger partial charge in [0, 0.05) is 28.1 Å². The highest BCUT2D eigenvalue weighted by Gasteiger charge is 2.20. The van der Waals surface area contributed by atoms with Crippen molar-refractivity contribution in [3.63, 3.8) is 0 Å². The van der Waals surface area contributed by atoms with Crippen LogP contribution in [0.5, 0.6) is 5.75 Å². The molecule has 1 aromatic heterocycles. The molecule has 0 radical (unpaired) electrons. The quantitative estimate of drug-likeness (QED) is 0.250. The zero-order valence-corrected chi connectivity index (χ0v) is 25.1. The van der Waals surface area contributed by atoms with E-state index in [1.54, 1.807) is 0 Å². The van der Waals surface area contributed by atoms with Gasteiger partial charge >= 0.3 is 0 Å². The lowest BCUT2D eigenvalue weighted by Crippen LogP contribution is -2.36. The van der Waals surface area contributed by atoms with Crippen LogP contribution in [0.25, 0.3) is 33.7 Å². The van der Waals surface area contributed by atoms with E-state index in [1.165, 1.54) is 22.0 Å².